The maximum atomic E-state index is 12.8. The molecule has 0 aliphatic heterocycles. The third kappa shape index (κ3) is 5.44. The van der Waals surface area contributed by atoms with E-state index >= 15 is 0 Å². The molecule has 0 aliphatic carbocycles. The van der Waals surface area contributed by atoms with E-state index in [0.29, 0.717) is 38.2 Å². The van der Waals surface area contributed by atoms with Gasteiger partial charge in [-0.05, 0) is 30.2 Å². The van der Waals surface area contributed by atoms with Crippen LogP contribution in [0.2, 0.25) is 0 Å². The molecule has 0 unspecified atom stereocenters. The van der Waals surface area contributed by atoms with Crippen LogP contribution < -0.4 is 5.32 Å². The monoisotopic (exact) mass is 454 g/mol. The van der Waals surface area contributed by atoms with Crippen LogP contribution >= 0.6 is 0 Å². The van der Waals surface area contributed by atoms with Crippen LogP contribution in [-0.2, 0) is 23.0 Å². The van der Waals surface area contributed by atoms with E-state index in [2.05, 4.69) is 27.0 Å². The van der Waals surface area contributed by atoms with Crippen LogP contribution in [0, 0.1) is 6.92 Å². The zero-order valence-electron chi connectivity index (χ0n) is 18.8. The molecule has 0 bridgehead atoms. The standard InChI is InChI=1S/C24H30N4O3S/c1-4-28(5-2)32(30,31)21-12-11-19(3)22(17-21)24(29)26-14-13-23-25-15-16-27(23)18-20-9-7-6-8-10-20/h6-12,15-17H,4-5,13-14,18H2,1-3H3,(H,26,29). The average molecular weight is 455 g/mol. The van der Waals surface area contributed by atoms with Gasteiger partial charge in [0.1, 0.15) is 5.82 Å². The number of hydrogen-bond acceptors (Lipinski definition) is 4. The number of amides is 1. The van der Waals surface area contributed by atoms with Gasteiger partial charge in [0.05, 0.1) is 4.90 Å². The van der Waals surface area contributed by atoms with Crippen molar-refractivity contribution >= 4 is 15.9 Å². The van der Waals surface area contributed by atoms with E-state index < -0.39 is 10.0 Å². The molecule has 0 saturated heterocycles. The van der Waals surface area contributed by atoms with Gasteiger partial charge in [0.25, 0.3) is 5.91 Å². The molecule has 1 heterocycles. The zero-order chi connectivity index (χ0) is 23.1. The lowest BCUT2D eigenvalue weighted by Gasteiger charge is -2.19. The van der Waals surface area contributed by atoms with Crippen molar-refractivity contribution in [3.63, 3.8) is 0 Å². The van der Waals surface area contributed by atoms with Gasteiger partial charge in [-0.25, -0.2) is 13.4 Å². The Bertz CT molecular complexity index is 1150. The molecular formula is C24H30N4O3S. The van der Waals surface area contributed by atoms with E-state index in [9.17, 15) is 13.2 Å². The van der Waals surface area contributed by atoms with E-state index in [1.54, 1.807) is 39.1 Å². The average Bonchev–Trinajstić information content (AvgIpc) is 3.22. The van der Waals surface area contributed by atoms with Gasteiger partial charge in [-0.3, -0.25) is 4.79 Å². The van der Waals surface area contributed by atoms with E-state index in [1.165, 1.54) is 15.9 Å². The lowest BCUT2D eigenvalue weighted by Crippen LogP contribution is -2.31. The molecule has 170 valence electrons. The first kappa shape index (κ1) is 23.7. The Hall–Kier alpha value is -2.97. The highest BCUT2D eigenvalue weighted by Gasteiger charge is 2.23. The van der Waals surface area contributed by atoms with Gasteiger partial charge in [0, 0.05) is 50.6 Å². The van der Waals surface area contributed by atoms with Gasteiger partial charge in [0.15, 0.2) is 0 Å². The molecule has 7 nitrogen and oxygen atoms in total. The number of nitrogens with zero attached hydrogens (tertiary/aromatic N) is 3. The molecule has 1 amide bonds. The molecule has 2 aromatic carbocycles. The Labute approximate surface area is 190 Å². The van der Waals surface area contributed by atoms with E-state index in [1.807, 2.05) is 24.4 Å². The second-order valence-corrected chi connectivity index (χ2v) is 9.47. The summed E-state index contributed by atoms with van der Waals surface area (Å²) in [6, 6.07) is 14.8. The molecule has 0 radical (unpaired) electrons. The Morgan fingerprint density at radius 2 is 1.81 bits per heavy atom. The number of carbonyl (C=O) groups excluding carboxylic acids is 1. The molecule has 0 aliphatic rings. The third-order valence-electron chi connectivity index (χ3n) is 5.43. The van der Waals surface area contributed by atoms with Gasteiger partial charge >= 0.3 is 0 Å². The first-order valence-corrected chi connectivity index (χ1v) is 12.2. The van der Waals surface area contributed by atoms with E-state index in [4.69, 9.17) is 0 Å². The number of carbonyl (C=O) groups is 1. The number of nitrogens with one attached hydrogen (secondary N) is 1. The third-order valence-corrected chi connectivity index (χ3v) is 7.47. The highest BCUT2D eigenvalue weighted by atomic mass is 32.2. The molecule has 32 heavy (non-hydrogen) atoms. The van der Waals surface area contributed by atoms with Gasteiger partial charge in [-0.2, -0.15) is 4.31 Å². The van der Waals surface area contributed by atoms with Crippen LogP contribution in [0.25, 0.3) is 0 Å². The molecule has 8 heteroatoms. The lowest BCUT2D eigenvalue weighted by molar-refractivity contribution is 0.0953. The van der Waals surface area contributed by atoms with Crippen LogP contribution in [0.3, 0.4) is 0 Å². The summed E-state index contributed by atoms with van der Waals surface area (Å²) in [5.74, 6) is 0.587. The number of aromatic nitrogens is 2. The van der Waals surface area contributed by atoms with Crippen molar-refractivity contribution < 1.29 is 13.2 Å². The fraction of sp³-hybridized carbons (Fsp3) is 0.333. The van der Waals surface area contributed by atoms with Gasteiger partial charge in [0.2, 0.25) is 10.0 Å². The maximum absolute atomic E-state index is 12.8. The van der Waals surface area contributed by atoms with Crippen molar-refractivity contribution in [1.82, 2.24) is 19.2 Å². The second-order valence-electron chi connectivity index (χ2n) is 7.53. The molecule has 0 atom stereocenters. The molecule has 0 spiro atoms. The minimum atomic E-state index is -3.63. The molecular weight excluding hydrogens is 424 g/mol. The van der Waals surface area contributed by atoms with Crippen molar-refractivity contribution in [1.29, 1.82) is 0 Å². The first-order valence-electron chi connectivity index (χ1n) is 10.8. The minimum absolute atomic E-state index is 0.135. The van der Waals surface area contributed by atoms with Crippen LogP contribution in [0.4, 0.5) is 0 Å². The lowest BCUT2D eigenvalue weighted by atomic mass is 10.1. The van der Waals surface area contributed by atoms with Crippen LogP contribution in [-0.4, -0.2) is 47.8 Å². The van der Waals surface area contributed by atoms with Gasteiger partial charge in [-0.15, -0.1) is 0 Å². The Kier molecular flexibility index (Phi) is 7.82. The summed E-state index contributed by atoms with van der Waals surface area (Å²) in [5.41, 5.74) is 2.27. The van der Waals surface area contributed by atoms with Crippen molar-refractivity contribution in [2.24, 2.45) is 0 Å². The smallest absolute Gasteiger partial charge is 0.251 e. The summed E-state index contributed by atoms with van der Waals surface area (Å²) in [5, 5.41) is 2.90. The van der Waals surface area contributed by atoms with Crippen LogP contribution in [0.15, 0.2) is 65.8 Å². The molecule has 3 rings (SSSR count). The number of aryl methyl sites for hydroxylation is 1. The molecule has 0 saturated carbocycles. The quantitative estimate of drug-likeness (QED) is 0.510. The highest BCUT2D eigenvalue weighted by Crippen LogP contribution is 2.19. The van der Waals surface area contributed by atoms with Gasteiger partial charge < -0.3 is 9.88 Å². The molecule has 0 fully saturated rings. The topological polar surface area (TPSA) is 84.3 Å². The summed E-state index contributed by atoms with van der Waals surface area (Å²) < 4.78 is 29.1. The largest absolute Gasteiger partial charge is 0.352 e. The summed E-state index contributed by atoms with van der Waals surface area (Å²) in [6.07, 6.45) is 4.25. The Morgan fingerprint density at radius 1 is 1.09 bits per heavy atom. The summed E-state index contributed by atoms with van der Waals surface area (Å²) in [4.78, 5) is 17.4. The summed E-state index contributed by atoms with van der Waals surface area (Å²) in [7, 11) is -3.63. The maximum Gasteiger partial charge on any atom is 0.251 e. The van der Waals surface area contributed by atoms with Crippen molar-refractivity contribution in [3.8, 4) is 0 Å². The SMILES string of the molecule is CCN(CC)S(=O)(=O)c1ccc(C)c(C(=O)NCCc2nccn2Cc2ccccc2)c1. The predicted octanol–water partition coefficient (Wildman–Crippen LogP) is 3.24. The van der Waals surface area contributed by atoms with Crippen molar-refractivity contribution in [2.75, 3.05) is 19.6 Å². The summed E-state index contributed by atoms with van der Waals surface area (Å²) in [6.45, 7) is 7.27. The number of hydrogen-bond donors (Lipinski definition) is 1. The number of sulfonamides is 1. The van der Waals surface area contributed by atoms with E-state index in [-0.39, 0.29) is 10.8 Å². The normalized spacial score (nSPS) is 11.6. The molecule has 1 N–H and O–H groups in total. The predicted molar refractivity (Wildman–Crippen MR) is 125 cm³/mol. The Morgan fingerprint density at radius 3 is 2.50 bits per heavy atom. The highest BCUT2D eigenvalue weighted by molar-refractivity contribution is 7.89. The zero-order valence-corrected chi connectivity index (χ0v) is 19.6. The van der Waals surface area contributed by atoms with Gasteiger partial charge in [-0.1, -0.05) is 50.2 Å². The second kappa shape index (κ2) is 10.6. The number of rotatable bonds is 10. The minimum Gasteiger partial charge on any atom is -0.352 e. The fourth-order valence-electron chi connectivity index (χ4n) is 3.59. The number of imidazole rings is 1. The van der Waals surface area contributed by atoms with Crippen molar-refractivity contribution in [3.05, 3.63) is 83.4 Å². The number of benzene rings is 2. The van der Waals surface area contributed by atoms with Crippen LogP contribution in [0.5, 0.6) is 0 Å². The Balaban J connectivity index is 1.67. The first-order chi connectivity index (χ1) is 15.4. The van der Waals surface area contributed by atoms with Crippen LogP contribution in [0.1, 0.15) is 41.2 Å². The molecule has 3 aromatic rings. The fourth-order valence-corrected chi connectivity index (χ4v) is 5.08. The summed E-state index contributed by atoms with van der Waals surface area (Å²) >= 11 is 0. The van der Waals surface area contributed by atoms with E-state index in [0.717, 1.165) is 11.4 Å². The van der Waals surface area contributed by atoms with Crippen molar-refractivity contribution in [2.45, 2.75) is 38.6 Å². The molecule has 1 aromatic heterocycles.